The van der Waals surface area contributed by atoms with Crippen molar-refractivity contribution < 1.29 is 23.9 Å². The number of hydrogen-bond acceptors (Lipinski definition) is 6. The molecule has 10 heteroatoms. The van der Waals surface area contributed by atoms with E-state index in [2.05, 4.69) is 26.6 Å². The first-order valence-corrected chi connectivity index (χ1v) is 11.5. The van der Waals surface area contributed by atoms with Crippen LogP contribution in [0.4, 0.5) is 16.2 Å². The summed E-state index contributed by atoms with van der Waals surface area (Å²) < 4.78 is 11.3. The number of carbonyl (C=O) groups excluding carboxylic acids is 3. The first-order valence-electron chi connectivity index (χ1n) is 9.92. The maximum atomic E-state index is 13.0. The minimum atomic E-state index is -0.988. The van der Waals surface area contributed by atoms with Gasteiger partial charge in [0.25, 0.3) is 5.91 Å². The van der Waals surface area contributed by atoms with Gasteiger partial charge in [0.2, 0.25) is 5.91 Å². The van der Waals surface area contributed by atoms with E-state index in [9.17, 15) is 14.4 Å². The Bertz CT molecular complexity index is 1020. The van der Waals surface area contributed by atoms with Gasteiger partial charge in [-0.25, -0.2) is 4.79 Å². The first kappa shape index (κ1) is 21.8. The smallest absolute Gasteiger partial charge is 0.399 e. The highest BCUT2D eigenvalue weighted by Crippen LogP contribution is 2.35. The van der Waals surface area contributed by atoms with Crippen LogP contribution in [0.25, 0.3) is 0 Å². The molecular formula is C21H22BrN3O5S. The molecule has 8 nitrogen and oxygen atoms in total. The average Bonchev–Trinajstić information content (AvgIpc) is 3.10. The van der Waals surface area contributed by atoms with E-state index >= 15 is 0 Å². The maximum Gasteiger partial charge on any atom is 0.414 e. The van der Waals surface area contributed by atoms with Gasteiger partial charge in [-0.05, 0) is 78.0 Å². The largest absolute Gasteiger partial charge is 0.414 e. The van der Waals surface area contributed by atoms with Crippen molar-refractivity contribution in [2.45, 2.75) is 31.7 Å². The number of amides is 3. The van der Waals surface area contributed by atoms with Gasteiger partial charge in [-0.15, -0.1) is 0 Å². The number of halogens is 1. The number of nitrogens with zero attached hydrogens (tertiary/aromatic N) is 1. The van der Waals surface area contributed by atoms with Crippen molar-refractivity contribution in [3.8, 4) is 5.06 Å². The summed E-state index contributed by atoms with van der Waals surface area (Å²) in [6, 6.07) is 8.87. The standard InChI is InChI=1S/C21H22BrN3O5S/c1-13-11-14(3-4-15(13)25-9-10-29-12-17(25)26)23-19(27)21(7-2-8-21)24-20(28)30-18-6-5-16(22)31-18/h3-6,11H,2,7-10,12H2,1H3,(H,23,27)(H,24,28). The predicted molar refractivity (Wildman–Crippen MR) is 121 cm³/mol. The summed E-state index contributed by atoms with van der Waals surface area (Å²) in [5.41, 5.74) is 1.29. The summed E-state index contributed by atoms with van der Waals surface area (Å²) in [7, 11) is 0. The summed E-state index contributed by atoms with van der Waals surface area (Å²) in [4.78, 5) is 39.1. The fourth-order valence-corrected chi connectivity index (χ4v) is 4.86. The minimum absolute atomic E-state index is 0.0740. The van der Waals surface area contributed by atoms with Gasteiger partial charge in [0.1, 0.15) is 12.1 Å². The van der Waals surface area contributed by atoms with Crippen LogP contribution >= 0.6 is 27.3 Å². The lowest BCUT2D eigenvalue weighted by molar-refractivity contribution is -0.126. The minimum Gasteiger partial charge on any atom is -0.399 e. The molecule has 164 valence electrons. The Morgan fingerprint density at radius 1 is 1.26 bits per heavy atom. The van der Waals surface area contributed by atoms with Crippen LogP contribution in [0, 0.1) is 6.92 Å². The molecular weight excluding hydrogens is 486 g/mol. The molecule has 2 N–H and O–H groups in total. The van der Waals surface area contributed by atoms with Gasteiger partial charge in [-0.2, -0.15) is 0 Å². The molecule has 31 heavy (non-hydrogen) atoms. The molecule has 2 aromatic rings. The van der Waals surface area contributed by atoms with Crippen molar-refractivity contribution >= 4 is 56.5 Å². The molecule has 0 spiro atoms. The van der Waals surface area contributed by atoms with Crippen LogP contribution in [-0.2, 0) is 14.3 Å². The van der Waals surface area contributed by atoms with E-state index < -0.39 is 11.6 Å². The van der Waals surface area contributed by atoms with Gasteiger partial charge < -0.3 is 25.0 Å². The van der Waals surface area contributed by atoms with Gasteiger partial charge in [0.05, 0.1) is 10.4 Å². The molecule has 4 rings (SSSR count). The molecule has 0 radical (unpaired) electrons. The molecule has 1 aromatic heterocycles. The highest BCUT2D eigenvalue weighted by molar-refractivity contribution is 9.11. The SMILES string of the molecule is Cc1cc(NC(=O)C2(NC(=O)Oc3ccc(Br)s3)CCC2)ccc1N1CCOCC1=O. The van der Waals surface area contributed by atoms with Gasteiger partial charge in [0.15, 0.2) is 5.06 Å². The lowest BCUT2D eigenvalue weighted by Crippen LogP contribution is -2.61. The van der Waals surface area contributed by atoms with Crippen LogP contribution in [0.3, 0.4) is 0 Å². The van der Waals surface area contributed by atoms with E-state index in [-0.39, 0.29) is 18.4 Å². The topological polar surface area (TPSA) is 97.0 Å². The number of anilines is 2. The fourth-order valence-electron chi connectivity index (χ4n) is 3.66. The molecule has 1 saturated carbocycles. The third-order valence-electron chi connectivity index (χ3n) is 5.46. The Morgan fingerprint density at radius 3 is 2.68 bits per heavy atom. The maximum absolute atomic E-state index is 13.0. The van der Waals surface area contributed by atoms with Gasteiger partial charge in [-0.3, -0.25) is 9.59 Å². The third-order valence-corrected chi connectivity index (χ3v) is 6.96. The highest BCUT2D eigenvalue weighted by atomic mass is 79.9. The number of nitrogens with one attached hydrogen (secondary N) is 2. The molecule has 1 aliphatic carbocycles. The van der Waals surface area contributed by atoms with Crippen molar-refractivity contribution in [2.24, 2.45) is 0 Å². The van der Waals surface area contributed by atoms with E-state index in [1.807, 2.05) is 19.1 Å². The molecule has 0 unspecified atom stereocenters. The zero-order chi connectivity index (χ0) is 22.0. The molecule has 1 aliphatic heterocycles. The summed E-state index contributed by atoms with van der Waals surface area (Å²) in [5.74, 6) is -0.363. The van der Waals surface area contributed by atoms with Crippen molar-refractivity contribution in [3.63, 3.8) is 0 Å². The molecule has 0 bridgehead atoms. The number of morpholine rings is 1. The quantitative estimate of drug-likeness (QED) is 0.640. The molecule has 1 saturated heterocycles. The van der Waals surface area contributed by atoms with Crippen LogP contribution in [0.15, 0.2) is 34.1 Å². The van der Waals surface area contributed by atoms with Crippen LogP contribution in [0.5, 0.6) is 5.06 Å². The average molecular weight is 508 g/mol. The van der Waals surface area contributed by atoms with E-state index in [1.54, 1.807) is 23.1 Å². The molecule has 2 aliphatic rings. The Morgan fingerprint density at radius 2 is 2.06 bits per heavy atom. The number of benzene rings is 1. The zero-order valence-electron chi connectivity index (χ0n) is 16.9. The van der Waals surface area contributed by atoms with Crippen LogP contribution in [0.1, 0.15) is 24.8 Å². The zero-order valence-corrected chi connectivity index (χ0v) is 19.3. The van der Waals surface area contributed by atoms with Gasteiger partial charge in [0, 0.05) is 17.9 Å². The molecule has 1 aromatic carbocycles. The predicted octanol–water partition coefficient (Wildman–Crippen LogP) is 3.83. The van der Waals surface area contributed by atoms with Crippen LogP contribution < -0.4 is 20.3 Å². The Balaban J connectivity index is 1.42. The number of thiophene rings is 1. The molecule has 0 atom stereocenters. The lowest BCUT2D eigenvalue weighted by atomic mass is 9.76. The summed E-state index contributed by atoms with van der Waals surface area (Å²) in [6.45, 7) is 2.96. The van der Waals surface area contributed by atoms with Crippen molar-refractivity contribution in [1.29, 1.82) is 0 Å². The fraction of sp³-hybridized carbons (Fsp3) is 0.381. The number of carbonyl (C=O) groups is 3. The van der Waals surface area contributed by atoms with E-state index in [0.29, 0.717) is 36.7 Å². The van der Waals surface area contributed by atoms with Crippen molar-refractivity contribution in [3.05, 3.63) is 39.7 Å². The molecule has 3 amide bonds. The van der Waals surface area contributed by atoms with Crippen molar-refractivity contribution in [1.82, 2.24) is 5.32 Å². The van der Waals surface area contributed by atoms with E-state index in [1.165, 1.54) is 11.3 Å². The number of ether oxygens (including phenoxy) is 2. The Hall–Kier alpha value is -2.43. The second-order valence-corrected chi connectivity index (χ2v) is 9.99. The lowest BCUT2D eigenvalue weighted by Gasteiger charge is -2.40. The number of rotatable bonds is 5. The summed E-state index contributed by atoms with van der Waals surface area (Å²) in [6.07, 6.45) is 1.28. The van der Waals surface area contributed by atoms with Crippen molar-refractivity contribution in [2.75, 3.05) is 30.0 Å². The number of hydrogen-bond donors (Lipinski definition) is 2. The van der Waals surface area contributed by atoms with Gasteiger partial charge in [-0.1, -0.05) is 11.3 Å². The summed E-state index contributed by atoms with van der Waals surface area (Å²) in [5, 5.41) is 6.09. The Kier molecular flexibility index (Phi) is 6.31. The highest BCUT2D eigenvalue weighted by Gasteiger charge is 2.46. The third kappa shape index (κ3) is 4.76. The molecule has 2 fully saturated rings. The van der Waals surface area contributed by atoms with E-state index in [0.717, 1.165) is 21.5 Å². The summed E-state index contributed by atoms with van der Waals surface area (Å²) >= 11 is 4.61. The van der Waals surface area contributed by atoms with E-state index in [4.69, 9.17) is 9.47 Å². The monoisotopic (exact) mass is 507 g/mol. The molecule has 2 heterocycles. The van der Waals surface area contributed by atoms with Gasteiger partial charge >= 0.3 is 6.09 Å². The number of aryl methyl sites for hydroxylation is 1. The van der Waals surface area contributed by atoms with Crippen LogP contribution in [-0.4, -0.2) is 43.2 Å². The Labute approximate surface area is 192 Å². The second kappa shape index (κ2) is 8.97. The van der Waals surface area contributed by atoms with Crippen LogP contribution in [0.2, 0.25) is 0 Å². The first-order chi connectivity index (χ1) is 14.9. The second-order valence-electron chi connectivity index (χ2n) is 7.56. The normalized spacial score (nSPS) is 17.6.